The van der Waals surface area contributed by atoms with Gasteiger partial charge in [0.15, 0.2) is 0 Å². The van der Waals surface area contributed by atoms with Crippen molar-refractivity contribution in [3.63, 3.8) is 0 Å². The van der Waals surface area contributed by atoms with Crippen LogP contribution in [0.2, 0.25) is 0 Å². The average molecular weight is 429 g/mol. The van der Waals surface area contributed by atoms with Crippen LogP contribution in [0, 0.1) is 39.9 Å². The van der Waals surface area contributed by atoms with Crippen LogP contribution in [0.4, 0.5) is 0 Å². The van der Waals surface area contributed by atoms with Crippen LogP contribution in [-0.2, 0) is 19.1 Å². The molecule has 4 heteroatoms. The van der Waals surface area contributed by atoms with E-state index in [0.29, 0.717) is 35.6 Å². The number of carbonyl (C=O) groups excluding carboxylic acids is 2. The van der Waals surface area contributed by atoms with Crippen molar-refractivity contribution < 1.29 is 19.1 Å². The standard InChI is InChI=1S/C27H40O4/c1-16(28)26-10-6-5-7-18(26)13-22-20-14-23-27(31-23)15-19(30-17(2)29)8-11-25(27,4)21(20)9-12-24(22,26)3/h18-23H,5-15H2,1-4H3/t18-,19+,20+,21-,22-,23+,24-,25-,26+,27+/m1/s1. The first-order valence-electron chi connectivity index (χ1n) is 13.0. The molecule has 4 nitrogen and oxygen atoms in total. The lowest BCUT2D eigenvalue weighted by Gasteiger charge is -2.61. The SMILES string of the molecule is CC(=O)O[C@H]1CC[C@]2(C)[C@@H]3CC[C@]4(C)[C@H](C[C@H]5CCCC[C@]54C(C)=O)[C@H]3C[C@@H]3O[C@@]32C1. The van der Waals surface area contributed by atoms with E-state index in [1.165, 1.54) is 45.4 Å². The second kappa shape index (κ2) is 6.36. The van der Waals surface area contributed by atoms with E-state index in [0.717, 1.165) is 32.1 Å². The third-order valence-corrected chi connectivity index (χ3v) is 12.0. The Morgan fingerprint density at radius 3 is 2.42 bits per heavy atom. The van der Waals surface area contributed by atoms with Crippen molar-refractivity contribution in [3.05, 3.63) is 0 Å². The summed E-state index contributed by atoms with van der Waals surface area (Å²) in [5.41, 5.74) is 0.235. The van der Waals surface area contributed by atoms with Crippen molar-refractivity contribution in [1.82, 2.24) is 0 Å². The first kappa shape index (κ1) is 20.7. The molecular formula is C27H40O4. The molecule has 0 N–H and O–H groups in total. The summed E-state index contributed by atoms with van der Waals surface area (Å²) in [5, 5.41) is 0. The number of fused-ring (bicyclic) bond motifs is 6. The Kier molecular flexibility index (Phi) is 4.25. The smallest absolute Gasteiger partial charge is 0.302 e. The maximum Gasteiger partial charge on any atom is 0.302 e. The topological polar surface area (TPSA) is 55.9 Å². The summed E-state index contributed by atoms with van der Waals surface area (Å²) >= 11 is 0. The lowest BCUT2D eigenvalue weighted by molar-refractivity contribution is -0.163. The van der Waals surface area contributed by atoms with Crippen molar-refractivity contribution in [1.29, 1.82) is 0 Å². The van der Waals surface area contributed by atoms with Gasteiger partial charge in [-0.2, -0.15) is 0 Å². The van der Waals surface area contributed by atoms with E-state index in [1.807, 2.05) is 6.92 Å². The normalized spacial score (nSPS) is 56.9. The molecular weight excluding hydrogens is 388 g/mol. The summed E-state index contributed by atoms with van der Waals surface area (Å²) in [5.74, 6) is 2.98. The van der Waals surface area contributed by atoms with E-state index in [-0.39, 0.29) is 33.9 Å². The van der Waals surface area contributed by atoms with Crippen LogP contribution >= 0.6 is 0 Å². The van der Waals surface area contributed by atoms with E-state index in [4.69, 9.17) is 9.47 Å². The van der Waals surface area contributed by atoms with Gasteiger partial charge >= 0.3 is 5.97 Å². The molecule has 5 saturated carbocycles. The summed E-state index contributed by atoms with van der Waals surface area (Å²) in [6, 6.07) is 0. The molecule has 0 aromatic heterocycles. The van der Waals surface area contributed by atoms with Gasteiger partial charge in [0.05, 0.1) is 6.10 Å². The van der Waals surface area contributed by atoms with E-state index in [9.17, 15) is 9.59 Å². The fourth-order valence-electron chi connectivity index (χ4n) is 10.8. The first-order valence-corrected chi connectivity index (χ1v) is 13.0. The molecule has 0 unspecified atom stereocenters. The van der Waals surface area contributed by atoms with Crippen LogP contribution in [0.5, 0.6) is 0 Å². The lowest BCUT2D eigenvalue weighted by atomic mass is 9.42. The summed E-state index contributed by atoms with van der Waals surface area (Å²) in [6.07, 6.45) is 13.1. The number of Topliss-reactive ketones (excluding diaryl/α,β-unsaturated/α-hetero) is 1. The maximum atomic E-state index is 13.2. The molecule has 1 heterocycles. The van der Waals surface area contributed by atoms with Crippen molar-refractivity contribution in [2.45, 2.75) is 116 Å². The fraction of sp³-hybridized carbons (Fsp3) is 0.926. The summed E-state index contributed by atoms with van der Waals surface area (Å²) in [6.45, 7) is 8.45. The Morgan fingerprint density at radius 2 is 1.68 bits per heavy atom. The van der Waals surface area contributed by atoms with Gasteiger partial charge in [-0.1, -0.05) is 26.7 Å². The Bertz CT molecular complexity index is 822. The van der Waals surface area contributed by atoms with E-state index in [1.54, 1.807) is 0 Å². The molecule has 0 radical (unpaired) electrons. The minimum absolute atomic E-state index is 0.0244. The third kappa shape index (κ3) is 2.36. The van der Waals surface area contributed by atoms with Gasteiger partial charge in [-0.3, -0.25) is 9.59 Å². The van der Waals surface area contributed by atoms with Crippen molar-refractivity contribution in [2.75, 3.05) is 0 Å². The number of epoxide rings is 1. The van der Waals surface area contributed by atoms with Crippen LogP contribution in [0.3, 0.4) is 0 Å². The molecule has 6 rings (SSSR count). The average Bonchev–Trinajstić information content (AvgIpc) is 3.33. The Hall–Kier alpha value is -0.900. The molecule has 172 valence electrons. The van der Waals surface area contributed by atoms with Gasteiger partial charge in [-0.25, -0.2) is 0 Å². The van der Waals surface area contributed by atoms with Crippen molar-refractivity contribution >= 4 is 11.8 Å². The molecule has 5 aliphatic carbocycles. The van der Waals surface area contributed by atoms with Crippen molar-refractivity contribution in [2.24, 2.45) is 39.9 Å². The fourth-order valence-corrected chi connectivity index (χ4v) is 10.8. The first-order chi connectivity index (χ1) is 14.7. The second-order valence-electron chi connectivity index (χ2n) is 12.7. The number of esters is 1. The van der Waals surface area contributed by atoms with E-state index >= 15 is 0 Å². The number of hydrogen-bond acceptors (Lipinski definition) is 4. The minimum atomic E-state index is -0.160. The van der Waals surface area contributed by atoms with E-state index in [2.05, 4.69) is 13.8 Å². The minimum Gasteiger partial charge on any atom is -0.462 e. The monoisotopic (exact) mass is 428 g/mol. The number of hydrogen-bond donors (Lipinski definition) is 0. The number of carbonyl (C=O) groups is 2. The summed E-state index contributed by atoms with van der Waals surface area (Å²) in [4.78, 5) is 24.8. The molecule has 1 saturated heterocycles. The van der Waals surface area contributed by atoms with Crippen LogP contribution in [0.25, 0.3) is 0 Å². The molecule has 0 bridgehead atoms. The van der Waals surface area contributed by atoms with Crippen LogP contribution in [0.15, 0.2) is 0 Å². The number of ether oxygens (including phenoxy) is 2. The van der Waals surface area contributed by atoms with Crippen molar-refractivity contribution in [3.8, 4) is 0 Å². The lowest BCUT2D eigenvalue weighted by Crippen LogP contribution is -2.60. The predicted molar refractivity (Wildman–Crippen MR) is 117 cm³/mol. The molecule has 0 aromatic rings. The highest BCUT2D eigenvalue weighted by Crippen LogP contribution is 2.77. The van der Waals surface area contributed by atoms with Gasteiger partial charge in [-0.05, 0) is 87.4 Å². The molecule has 1 aliphatic heterocycles. The largest absolute Gasteiger partial charge is 0.462 e. The molecule has 31 heavy (non-hydrogen) atoms. The van der Waals surface area contributed by atoms with Gasteiger partial charge in [0.25, 0.3) is 0 Å². The Morgan fingerprint density at radius 1 is 0.903 bits per heavy atom. The molecule has 0 aromatic carbocycles. The Labute approximate surface area is 187 Å². The van der Waals surface area contributed by atoms with Gasteiger partial charge in [-0.15, -0.1) is 0 Å². The molecule has 1 spiro atoms. The zero-order valence-corrected chi connectivity index (χ0v) is 19.9. The van der Waals surface area contributed by atoms with E-state index < -0.39 is 0 Å². The quantitative estimate of drug-likeness (QED) is 0.432. The molecule has 10 atom stereocenters. The zero-order valence-electron chi connectivity index (χ0n) is 19.9. The van der Waals surface area contributed by atoms with Crippen LogP contribution in [-0.4, -0.2) is 29.6 Å². The van der Waals surface area contributed by atoms with Gasteiger partial charge in [0.2, 0.25) is 0 Å². The second-order valence-corrected chi connectivity index (χ2v) is 12.7. The Balaban J connectivity index is 1.33. The van der Waals surface area contributed by atoms with Crippen LogP contribution in [0.1, 0.15) is 98.3 Å². The number of ketones is 1. The highest BCUT2D eigenvalue weighted by molar-refractivity contribution is 5.84. The van der Waals surface area contributed by atoms with Crippen LogP contribution < -0.4 is 0 Å². The highest BCUT2D eigenvalue weighted by Gasteiger charge is 2.78. The van der Waals surface area contributed by atoms with Gasteiger partial charge < -0.3 is 9.47 Å². The maximum absolute atomic E-state index is 13.2. The summed E-state index contributed by atoms with van der Waals surface area (Å²) in [7, 11) is 0. The third-order valence-electron chi connectivity index (χ3n) is 12.0. The molecule has 6 fully saturated rings. The zero-order chi connectivity index (χ0) is 21.8. The van der Waals surface area contributed by atoms with Gasteiger partial charge in [0.1, 0.15) is 17.5 Å². The summed E-state index contributed by atoms with van der Waals surface area (Å²) < 4.78 is 12.2. The van der Waals surface area contributed by atoms with Gasteiger partial charge in [0, 0.05) is 24.2 Å². The highest BCUT2D eigenvalue weighted by atomic mass is 16.6. The molecule has 0 amide bonds. The number of rotatable bonds is 2. The molecule has 6 aliphatic rings. The predicted octanol–water partition coefficient (Wildman–Crippen LogP) is 5.47.